The maximum atomic E-state index is 11.4. The van der Waals surface area contributed by atoms with Gasteiger partial charge >= 0.3 is 11.9 Å². The van der Waals surface area contributed by atoms with Crippen molar-refractivity contribution in [2.75, 3.05) is 6.61 Å². The molecule has 0 bridgehead atoms. The average molecular weight is 248 g/mol. The van der Waals surface area contributed by atoms with E-state index in [2.05, 4.69) is 4.74 Å². The van der Waals surface area contributed by atoms with E-state index in [0.29, 0.717) is 0 Å². The average Bonchev–Trinajstić information content (AvgIpc) is 2.38. The molecule has 0 aliphatic heterocycles. The Morgan fingerprint density at radius 2 is 1.94 bits per heavy atom. The van der Waals surface area contributed by atoms with Crippen LogP contribution in [0.4, 0.5) is 0 Å². The predicted molar refractivity (Wildman–Crippen MR) is 66.7 cm³/mol. The normalized spacial score (nSPS) is 12.1. The number of hydrogen-bond donors (Lipinski definition) is 0. The van der Waals surface area contributed by atoms with Gasteiger partial charge < -0.3 is 9.47 Å². The SMILES string of the molecule is C/C=C/C(=O)OCC(=O)OC(C)c1ccccc1. The summed E-state index contributed by atoms with van der Waals surface area (Å²) in [6.45, 7) is 3.08. The van der Waals surface area contributed by atoms with Crippen LogP contribution in [-0.4, -0.2) is 18.5 Å². The molecule has 0 aliphatic rings. The number of rotatable bonds is 5. The molecule has 0 spiro atoms. The Kier molecular flexibility index (Phi) is 5.64. The lowest BCUT2D eigenvalue weighted by atomic mass is 10.1. The van der Waals surface area contributed by atoms with Gasteiger partial charge in [-0.15, -0.1) is 0 Å². The van der Waals surface area contributed by atoms with E-state index in [1.807, 2.05) is 30.3 Å². The van der Waals surface area contributed by atoms with Crippen LogP contribution in [-0.2, 0) is 19.1 Å². The number of allylic oxidation sites excluding steroid dienone is 1. The van der Waals surface area contributed by atoms with Crippen LogP contribution in [0.3, 0.4) is 0 Å². The van der Waals surface area contributed by atoms with Crippen LogP contribution < -0.4 is 0 Å². The van der Waals surface area contributed by atoms with Crippen LogP contribution >= 0.6 is 0 Å². The predicted octanol–water partition coefficient (Wildman–Crippen LogP) is 2.41. The molecule has 0 saturated heterocycles. The summed E-state index contributed by atoms with van der Waals surface area (Å²) in [4.78, 5) is 22.4. The van der Waals surface area contributed by atoms with Gasteiger partial charge in [-0.05, 0) is 19.4 Å². The van der Waals surface area contributed by atoms with Gasteiger partial charge in [0.05, 0.1) is 0 Å². The zero-order chi connectivity index (χ0) is 13.4. The summed E-state index contributed by atoms with van der Waals surface area (Å²) in [5.41, 5.74) is 0.894. The van der Waals surface area contributed by atoms with Gasteiger partial charge in [-0.25, -0.2) is 9.59 Å². The van der Waals surface area contributed by atoms with Crippen molar-refractivity contribution in [2.45, 2.75) is 20.0 Å². The van der Waals surface area contributed by atoms with Crippen molar-refractivity contribution in [1.29, 1.82) is 0 Å². The second-order valence-corrected chi connectivity index (χ2v) is 3.65. The summed E-state index contributed by atoms with van der Waals surface area (Å²) in [6.07, 6.45) is 2.42. The summed E-state index contributed by atoms with van der Waals surface area (Å²) >= 11 is 0. The lowest BCUT2D eigenvalue weighted by Crippen LogP contribution is -2.17. The van der Waals surface area contributed by atoms with Crippen LogP contribution in [0.2, 0.25) is 0 Å². The van der Waals surface area contributed by atoms with Crippen molar-refractivity contribution in [3.8, 4) is 0 Å². The minimum Gasteiger partial charge on any atom is -0.455 e. The van der Waals surface area contributed by atoms with Crippen molar-refractivity contribution >= 4 is 11.9 Å². The highest BCUT2D eigenvalue weighted by atomic mass is 16.6. The van der Waals surface area contributed by atoms with Gasteiger partial charge in [0.1, 0.15) is 6.10 Å². The third-order valence-electron chi connectivity index (χ3n) is 2.21. The van der Waals surface area contributed by atoms with Crippen LogP contribution in [0.25, 0.3) is 0 Å². The number of carbonyl (C=O) groups is 2. The van der Waals surface area contributed by atoms with Gasteiger partial charge in [0, 0.05) is 6.08 Å². The van der Waals surface area contributed by atoms with Crippen LogP contribution in [0, 0.1) is 0 Å². The van der Waals surface area contributed by atoms with Crippen molar-refractivity contribution in [2.24, 2.45) is 0 Å². The van der Waals surface area contributed by atoms with E-state index >= 15 is 0 Å². The minimum atomic E-state index is -0.566. The first kappa shape index (κ1) is 14.0. The molecule has 4 heteroatoms. The molecule has 4 nitrogen and oxygen atoms in total. The molecule has 0 fully saturated rings. The van der Waals surface area contributed by atoms with E-state index in [1.165, 1.54) is 6.08 Å². The van der Waals surface area contributed by atoms with Crippen molar-refractivity contribution in [3.63, 3.8) is 0 Å². The van der Waals surface area contributed by atoms with E-state index in [0.717, 1.165) is 5.56 Å². The minimum absolute atomic E-state index is 0.362. The summed E-state index contributed by atoms with van der Waals surface area (Å²) in [5.74, 6) is -1.12. The zero-order valence-electron chi connectivity index (χ0n) is 10.5. The van der Waals surface area contributed by atoms with E-state index in [4.69, 9.17) is 4.74 Å². The molecule has 0 aromatic heterocycles. The summed E-state index contributed by atoms with van der Waals surface area (Å²) in [6, 6.07) is 9.35. The monoisotopic (exact) mass is 248 g/mol. The number of ether oxygens (including phenoxy) is 2. The molecule has 0 radical (unpaired) electrons. The Balaban J connectivity index is 2.39. The molecule has 1 unspecified atom stereocenters. The Hall–Kier alpha value is -2.10. The summed E-state index contributed by atoms with van der Waals surface area (Å²) < 4.78 is 9.81. The van der Waals surface area contributed by atoms with Crippen LogP contribution in [0.15, 0.2) is 42.5 Å². The second kappa shape index (κ2) is 7.27. The summed E-state index contributed by atoms with van der Waals surface area (Å²) in [7, 11) is 0. The molecule has 1 aromatic rings. The number of benzene rings is 1. The van der Waals surface area contributed by atoms with E-state index in [9.17, 15) is 9.59 Å². The van der Waals surface area contributed by atoms with Gasteiger partial charge in [0.15, 0.2) is 6.61 Å². The number of esters is 2. The van der Waals surface area contributed by atoms with Crippen LogP contribution in [0.1, 0.15) is 25.5 Å². The Morgan fingerprint density at radius 3 is 2.56 bits per heavy atom. The van der Waals surface area contributed by atoms with E-state index < -0.39 is 11.9 Å². The molecular formula is C14H16O4. The van der Waals surface area contributed by atoms with Crippen LogP contribution in [0.5, 0.6) is 0 Å². The Bertz CT molecular complexity index is 423. The van der Waals surface area contributed by atoms with E-state index in [1.54, 1.807) is 19.9 Å². The molecule has 96 valence electrons. The molecule has 18 heavy (non-hydrogen) atoms. The molecule has 1 aromatic carbocycles. The zero-order valence-corrected chi connectivity index (χ0v) is 10.5. The van der Waals surface area contributed by atoms with Gasteiger partial charge in [-0.1, -0.05) is 36.4 Å². The standard InChI is InChI=1S/C14H16O4/c1-3-7-13(15)17-10-14(16)18-11(2)12-8-5-4-6-9-12/h3-9,11H,10H2,1-2H3/b7-3+. The lowest BCUT2D eigenvalue weighted by molar-refractivity contribution is -0.159. The highest BCUT2D eigenvalue weighted by Crippen LogP contribution is 2.15. The quantitative estimate of drug-likeness (QED) is 0.593. The lowest BCUT2D eigenvalue weighted by Gasteiger charge is -2.13. The fourth-order valence-electron chi connectivity index (χ4n) is 1.34. The van der Waals surface area contributed by atoms with Gasteiger partial charge in [0.2, 0.25) is 0 Å². The Morgan fingerprint density at radius 1 is 1.28 bits per heavy atom. The fraction of sp³-hybridized carbons (Fsp3) is 0.286. The van der Waals surface area contributed by atoms with Crippen molar-refractivity contribution < 1.29 is 19.1 Å². The third-order valence-corrected chi connectivity index (χ3v) is 2.21. The van der Waals surface area contributed by atoms with Gasteiger partial charge in [-0.2, -0.15) is 0 Å². The molecule has 0 saturated carbocycles. The maximum Gasteiger partial charge on any atom is 0.344 e. The first-order valence-electron chi connectivity index (χ1n) is 5.67. The highest BCUT2D eigenvalue weighted by molar-refractivity contribution is 5.84. The topological polar surface area (TPSA) is 52.6 Å². The smallest absolute Gasteiger partial charge is 0.344 e. The molecular weight excluding hydrogens is 232 g/mol. The molecule has 0 amide bonds. The first-order valence-corrected chi connectivity index (χ1v) is 5.67. The largest absolute Gasteiger partial charge is 0.455 e. The van der Waals surface area contributed by atoms with E-state index in [-0.39, 0.29) is 12.7 Å². The molecule has 0 heterocycles. The fourth-order valence-corrected chi connectivity index (χ4v) is 1.34. The molecule has 0 N–H and O–H groups in total. The molecule has 0 aliphatic carbocycles. The first-order chi connectivity index (χ1) is 8.63. The number of hydrogen-bond acceptors (Lipinski definition) is 4. The highest BCUT2D eigenvalue weighted by Gasteiger charge is 2.12. The third kappa shape index (κ3) is 4.82. The maximum absolute atomic E-state index is 11.4. The van der Waals surface area contributed by atoms with Gasteiger partial charge in [0.25, 0.3) is 0 Å². The second-order valence-electron chi connectivity index (χ2n) is 3.65. The summed E-state index contributed by atoms with van der Waals surface area (Å²) in [5, 5.41) is 0. The van der Waals surface area contributed by atoms with Crippen molar-refractivity contribution in [3.05, 3.63) is 48.0 Å². The molecule has 1 atom stereocenters. The molecule has 1 rings (SSSR count). The van der Waals surface area contributed by atoms with Gasteiger partial charge in [-0.3, -0.25) is 0 Å². The van der Waals surface area contributed by atoms with Crippen molar-refractivity contribution in [1.82, 2.24) is 0 Å². The Labute approximate surface area is 106 Å². The number of carbonyl (C=O) groups excluding carboxylic acids is 2.